The monoisotopic (exact) mass is 390 g/mol. The van der Waals surface area contributed by atoms with Crippen molar-refractivity contribution in [2.75, 3.05) is 20.3 Å². The number of nitrogens with two attached hydrogens (primary N) is 1. The Bertz CT molecular complexity index is 580. The molecule has 0 aliphatic rings. The maximum atomic E-state index is 12.5. The number of rotatable bonds is 12. The van der Waals surface area contributed by atoms with Crippen molar-refractivity contribution < 1.29 is 22.6 Å². The molecule has 0 aromatic heterocycles. The first-order valence-corrected chi connectivity index (χ1v) is 9.07. The quantitative estimate of drug-likeness (QED) is 0.412. The lowest BCUT2D eigenvalue weighted by atomic mass is 9.94. The first kappa shape index (κ1) is 23.4. The van der Waals surface area contributed by atoms with Crippen molar-refractivity contribution in [1.82, 2.24) is 0 Å². The molecule has 0 fully saturated rings. The number of halogens is 3. The van der Waals surface area contributed by atoms with Crippen LogP contribution in [0.25, 0.3) is 0 Å². The van der Waals surface area contributed by atoms with Gasteiger partial charge >= 0.3 is 6.18 Å². The standard InChI is InChI=1S/C19H29F3N2O3/c1-13(2)16(23)11-14-5-6-15(17(24-25)7-8-19(20,21)22)18(12-14)27-10-4-9-26-3/h5-6,12-13,16-17H,4,7-11,23H2,1-3H3. The van der Waals surface area contributed by atoms with Crippen molar-refractivity contribution in [2.24, 2.45) is 16.8 Å². The first-order chi connectivity index (χ1) is 12.7. The van der Waals surface area contributed by atoms with Crippen LogP contribution in [-0.2, 0) is 11.2 Å². The van der Waals surface area contributed by atoms with Gasteiger partial charge in [0, 0.05) is 38.2 Å². The third-order valence-electron chi connectivity index (χ3n) is 4.34. The van der Waals surface area contributed by atoms with Gasteiger partial charge in [-0.05, 0) is 30.4 Å². The van der Waals surface area contributed by atoms with Crippen molar-refractivity contribution >= 4 is 0 Å². The fourth-order valence-electron chi connectivity index (χ4n) is 2.56. The Balaban J connectivity index is 3.02. The molecule has 154 valence electrons. The molecule has 1 aromatic rings. The Morgan fingerprint density at radius 1 is 1.22 bits per heavy atom. The molecule has 0 saturated carbocycles. The van der Waals surface area contributed by atoms with E-state index in [9.17, 15) is 18.1 Å². The normalized spacial score (nSPS) is 14.2. The van der Waals surface area contributed by atoms with Crippen LogP contribution >= 0.6 is 0 Å². The van der Waals surface area contributed by atoms with Crippen LogP contribution in [0.1, 0.15) is 50.3 Å². The van der Waals surface area contributed by atoms with Gasteiger partial charge in [-0.3, -0.25) is 0 Å². The molecule has 1 aromatic carbocycles. The van der Waals surface area contributed by atoms with Gasteiger partial charge in [0.2, 0.25) is 0 Å². The number of ether oxygens (including phenoxy) is 2. The Kier molecular flexibility index (Phi) is 9.73. The van der Waals surface area contributed by atoms with Crippen LogP contribution in [0.5, 0.6) is 5.75 Å². The van der Waals surface area contributed by atoms with Gasteiger partial charge in [-0.15, -0.1) is 0 Å². The molecule has 0 heterocycles. The van der Waals surface area contributed by atoms with E-state index in [1.807, 2.05) is 13.8 Å². The number of nitrogens with zero attached hydrogens (tertiary/aromatic N) is 1. The SMILES string of the molecule is COCCCOc1cc(CC(N)C(C)C)ccc1C(CCC(F)(F)F)N=O. The van der Waals surface area contributed by atoms with E-state index in [2.05, 4.69) is 5.18 Å². The lowest BCUT2D eigenvalue weighted by Crippen LogP contribution is -2.28. The summed E-state index contributed by atoms with van der Waals surface area (Å²) in [6, 6.07) is 3.97. The Morgan fingerprint density at radius 3 is 2.48 bits per heavy atom. The summed E-state index contributed by atoms with van der Waals surface area (Å²) in [4.78, 5) is 11.2. The number of alkyl halides is 3. The summed E-state index contributed by atoms with van der Waals surface area (Å²) in [5, 5.41) is 2.91. The highest BCUT2D eigenvalue weighted by Gasteiger charge is 2.30. The molecule has 0 aliphatic carbocycles. The van der Waals surface area contributed by atoms with Crippen molar-refractivity contribution in [3.63, 3.8) is 0 Å². The number of nitroso groups, excluding NO2 is 1. The Labute approximate surface area is 158 Å². The molecule has 8 heteroatoms. The van der Waals surface area contributed by atoms with Crippen molar-refractivity contribution in [3.05, 3.63) is 34.2 Å². The number of hydrogen-bond donors (Lipinski definition) is 1. The van der Waals surface area contributed by atoms with E-state index >= 15 is 0 Å². The van der Waals surface area contributed by atoms with E-state index in [1.54, 1.807) is 25.3 Å². The fourth-order valence-corrected chi connectivity index (χ4v) is 2.56. The summed E-state index contributed by atoms with van der Waals surface area (Å²) >= 11 is 0. The lowest BCUT2D eigenvalue weighted by Gasteiger charge is -2.19. The van der Waals surface area contributed by atoms with E-state index in [1.165, 1.54) is 0 Å². The summed E-state index contributed by atoms with van der Waals surface area (Å²) < 4.78 is 48.3. The van der Waals surface area contributed by atoms with Gasteiger partial charge in [0.25, 0.3) is 0 Å². The fraction of sp³-hybridized carbons (Fsp3) is 0.684. The molecule has 0 aliphatic heterocycles. The molecule has 5 nitrogen and oxygen atoms in total. The van der Waals surface area contributed by atoms with Crippen LogP contribution < -0.4 is 10.5 Å². The molecular formula is C19H29F3N2O3. The molecule has 0 spiro atoms. The first-order valence-electron chi connectivity index (χ1n) is 9.07. The summed E-state index contributed by atoms with van der Waals surface area (Å²) in [5.41, 5.74) is 7.38. The topological polar surface area (TPSA) is 73.9 Å². The van der Waals surface area contributed by atoms with Crippen molar-refractivity contribution in [2.45, 2.75) is 57.8 Å². The van der Waals surface area contributed by atoms with Gasteiger partial charge in [-0.2, -0.15) is 18.1 Å². The highest BCUT2D eigenvalue weighted by molar-refractivity contribution is 5.40. The molecule has 27 heavy (non-hydrogen) atoms. The molecule has 2 N–H and O–H groups in total. The van der Waals surface area contributed by atoms with E-state index in [-0.39, 0.29) is 12.0 Å². The average molecular weight is 390 g/mol. The molecule has 2 unspecified atom stereocenters. The maximum Gasteiger partial charge on any atom is 0.389 e. The molecule has 0 bridgehead atoms. The summed E-state index contributed by atoms with van der Waals surface area (Å²) in [5.74, 6) is 0.665. The van der Waals surface area contributed by atoms with Crippen LogP contribution in [0.2, 0.25) is 0 Å². The van der Waals surface area contributed by atoms with E-state index in [0.717, 1.165) is 5.56 Å². The number of hydrogen-bond acceptors (Lipinski definition) is 5. The minimum atomic E-state index is -4.34. The third kappa shape index (κ3) is 8.71. The third-order valence-corrected chi connectivity index (χ3v) is 4.34. The van der Waals surface area contributed by atoms with E-state index < -0.39 is 25.1 Å². The summed E-state index contributed by atoms with van der Waals surface area (Å²) in [7, 11) is 1.57. The highest BCUT2D eigenvalue weighted by Crippen LogP contribution is 2.35. The van der Waals surface area contributed by atoms with Crippen molar-refractivity contribution in [1.29, 1.82) is 0 Å². The highest BCUT2D eigenvalue weighted by atomic mass is 19.4. The molecule has 1 rings (SSSR count). The molecule has 0 amide bonds. The second-order valence-corrected chi connectivity index (χ2v) is 6.95. The predicted molar refractivity (Wildman–Crippen MR) is 98.8 cm³/mol. The minimum absolute atomic E-state index is 0.0533. The van der Waals surface area contributed by atoms with Crippen LogP contribution in [0.15, 0.2) is 23.4 Å². The largest absolute Gasteiger partial charge is 0.493 e. The zero-order valence-corrected chi connectivity index (χ0v) is 16.1. The van der Waals surface area contributed by atoms with E-state index in [4.69, 9.17) is 15.2 Å². The molecule has 0 radical (unpaired) electrons. The van der Waals surface area contributed by atoms with Crippen LogP contribution in [0.4, 0.5) is 13.2 Å². The van der Waals surface area contributed by atoms with Gasteiger partial charge in [-0.25, -0.2) is 0 Å². The van der Waals surface area contributed by atoms with Gasteiger partial charge in [0.1, 0.15) is 11.8 Å². The summed E-state index contributed by atoms with van der Waals surface area (Å²) in [6.45, 7) is 4.86. The maximum absolute atomic E-state index is 12.5. The second kappa shape index (κ2) is 11.2. The molecule has 2 atom stereocenters. The smallest absolute Gasteiger partial charge is 0.389 e. The Morgan fingerprint density at radius 2 is 1.93 bits per heavy atom. The number of methoxy groups -OCH3 is 1. The zero-order chi connectivity index (χ0) is 20.4. The average Bonchev–Trinajstić information content (AvgIpc) is 2.59. The minimum Gasteiger partial charge on any atom is -0.493 e. The summed E-state index contributed by atoms with van der Waals surface area (Å²) in [6.07, 6.45) is -4.60. The van der Waals surface area contributed by atoms with Gasteiger partial charge in [-0.1, -0.05) is 31.2 Å². The second-order valence-electron chi connectivity index (χ2n) is 6.95. The van der Waals surface area contributed by atoms with Gasteiger partial charge in [0.15, 0.2) is 0 Å². The van der Waals surface area contributed by atoms with E-state index in [0.29, 0.717) is 37.4 Å². The number of benzene rings is 1. The van der Waals surface area contributed by atoms with Crippen LogP contribution in [-0.4, -0.2) is 32.5 Å². The van der Waals surface area contributed by atoms with Crippen LogP contribution in [0, 0.1) is 10.8 Å². The lowest BCUT2D eigenvalue weighted by molar-refractivity contribution is -0.136. The van der Waals surface area contributed by atoms with Crippen molar-refractivity contribution in [3.8, 4) is 5.75 Å². The molecular weight excluding hydrogens is 361 g/mol. The zero-order valence-electron chi connectivity index (χ0n) is 16.1. The Hall–Kier alpha value is -1.67. The van der Waals surface area contributed by atoms with Crippen LogP contribution in [0.3, 0.4) is 0 Å². The molecule has 0 saturated heterocycles. The predicted octanol–water partition coefficient (Wildman–Crippen LogP) is 4.78. The van der Waals surface area contributed by atoms with Gasteiger partial charge in [0.05, 0.1) is 6.61 Å². The van der Waals surface area contributed by atoms with Gasteiger partial charge < -0.3 is 15.2 Å².